The van der Waals surface area contributed by atoms with Gasteiger partial charge in [0.1, 0.15) is 0 Å². The number of nitrogens with zero attached hydrogens (tertiary/aromatic N) is 1. The van der Waals surface area contributed by atoms with Crippen LogP contribution in [0.5, 0.6) is 0 Å². The summed E-state index contributed by atoms with van der Waals surface area (Å²) >= 11 is 1.88. The Morgan fingerprint density at radius 3 is 2.64 bits per heavy atom. The summed E-state index contributed by atoms with van der Waals surface area (Å²) in [4.78, 5) is 26.1. The van der Waals surface area contributed by atoms with Crippen molar-refractivity contribution in [3.05, 3.63) is 29.3 Å². The number of anilines is 1. The number of hydrogen-bond acceptors (Lipinski definition) is 4. The molecule has 1 saturated heterocycles. The molecule has 0 radical (unpaired) electrons. The van der Waals surface area contributed by atoms with E-state index < -0.39 is 0 Å². The van der Waals surface area contributed by atoms with Crippen LogP contribution in [0.25, 0.3) is 0 Å². The maximum absolute atomic E-state index is 12.4. The number of aryl methyl sites for hydroxylation is 1. The zero-order chi connectivity index (χ0) is 15.9. The third-order valence-electron chi connectivity index (χ3n) is 3.65. The largest absolute Gasteiger partial charge is 0.337 e. The van der Waals surface area contributed by atoms with E-state index in [9.17, 15) is 9.59 Å². The lowest BCUT2D eigenvalue weighted by atomic mass is 10.1. The Bertz CT molecular complexity index is 542. The van der Waals surface area contributed by atoms with Gasteiger partial charge in [-0.25, -0.2) is 0 Å². The minimum Gasteiger partial charge on any atom is -0.337 e. The summed E-state index contributed by atoms with van der Waals surface area (Å²) < 4.78 is 0. The van der Waals surface area contributed by atoms with E-state index in [-0.39, 0.29) is 11.8 Å². The molecule has 2 rings (SSSR count). The van der Waals surface area contributed by atoms with Crippen LogP contribution in [0.3, 0.4) is 0 Å². The standard InChI is InChI=1S/C16H23N3O2S/c1-12-11-13(16(21)19-7-9-22-10-8-19)3-4-14(12)18-15(20)5-6-17-2/h3-4,11,17H,5-10H2,1-2H3,(H,18,20). The second-order valence-corrected chi connectivity index (χ2v) is 6.56. The van der Waals surface area contributed by atoms with Crippen molar-refractivity contribution in [3.63, 3.8) is 0 Å². The number of benzene rings is 1. The summed E-state index contributed by atoms with van der Waals surface area (Å²) in [5.41, 5.74) is 2.37. The molecule has 0 bridgehead atoms. The second kappa shape index (κ2) is 8.19. The van der Waals surface area contributed by atoms with Crippen LogP contribution in [-0.4, -0.2) is 54.9 Å². The maximum atomic E-state index is 12.4. The summed E-state index contributed by atoms with van der Waals surface area (Å²) in [5, 5.41) is 5.83. The van der Waals surface area contributed by atoms with E-state index >= 15 is 0 Å². The lowest BCUT2D eigenvalue weighted by molar-refractivity contribution is -0.116. The number of carbonyl (C=O) groups excluding carboxylic acids is 2. The van der Waals surface area contributed by atoms with Gasteiger partial charge in [-0.05, 0) is 37.7 Å². The molecule has 1 aliphatic heterocycles. The SMILES string of the molecule is CNCCC(=O)Nc1ccc(C(=O)N2CCSCC2)cc1C. The molecule has 0 spiro atoms. The van der Waals surface area contributed by atoms with E-state index in [2.05, 4.69) is 10.6 Å². The van der Waals surface area contributed by atoms with Crippen molar-refractivity contribution in [3.8, 4) is 0 Å². The fraction of sp³-hybridized carbons (Fsp3) is 0.500. The average Bonchev–Trinajstić information content (AvgIpc) is 2.55. The molecule has 0 aromatic heterocycles. The highest BCUT2D eigenvalue weighted by Crippen LogP contribution is 2.19. The van der Waals surface area contributed by atoms with Crippen molar-refractivity contribution in [1.29, 1.82) is 0 Å². The second-order valence-electron chi connectivity index (χ2n) is 5.34. The number of rotatable bonds is 5. The number of hydrogen-bond donors (Lipinski definition) is 2. The normalized spacial score (nSPS) is 14.7. The van der Waals surface area contributed by atoms with E-state index in [0.717, 1.165) is 35.8 Å². The van der Waals surface area contributed by atoms with Crippen molar-refractivity contribution in [2.45, 2.75) is 13.3 Å². The molecule has 5 nitrogen and oxygen atoms in total. The highest BCUT2D eigenvalue weighted by molar-refractivity contribution is 7.99. The van der Waals surface area contributed by atoms with Gasteiger partial charge in [0.25, 0.3) is 5.91 Å². The van der Waals surface area contributed by atoms with Crippen molar-refractivity contribution in [1.82, 2.24) is 10.2 Å². The van der Waals surface area contributed by atoms with Gasteiger partial charge in [-0.1, -0.05) is 0 Å². The smallest absolute Gasteiger partial charge is 0.253 e. The topological polar surface area (TPSA) is 61.4 Å². The molecule has 2 N–H and O–H groups in total. The predicted molar refractivity (Wildman–Crippen MR) is 91.6 cm³/mol. The van der Waals surface area contributed by atoms with Gasteiger partial charge in [-0.3, -0.25) is 9.59 Å². The van der Waals surface area contributed by atoms with Crippen LogP contribution in [0.1, 0.15) is 22.3 Å². The lowest BCUT2D eigenvalue weighted by Gasteiger charge is -2.26. The van der Waals surface area contributed by atoms with Crippen LogP contribution in [0.15, 0.2) is 18.2 Å². The molecule has 1 aromatic rings. The minimum atomic E-state index is -0.0235. The molecular formula is C16H23N3O2S. The third-order valence-corrected chi connectivity index (χ3v) is 4.59. The molecule has 0 unspecified atom stereocenters. The van der Waals surface area contributed by atoms with Crippen LogP contribution >= 0.6 is 11.8 Å². The van der Waals surface area contributed by atoms with E-state index in [1.54, 1.807) is 6.07 Å². The summed E-state index contributed by atoms with van der Waals surface area (Å²) in [6.45, 7) is 4.18. The van der Waals surface area contributed by atoms with Gasteiger partial charge in [0.2, 0.25) is 5.91 Å². The van der Waals surface area contributed by atoms with Crippen LogP contribution in [-0.2, 0) is 4.79 Å². The Kier molecular flexibility index (Phi) is 6.27. The molecule has 0 aliphatic carbocycles. The quantitative estimate of drug-likeness (QED) is 0.867. The first-order valence-corrected chi connectivity index (χ1v) is 8.69. The first-order chi connectivity index (χ1) is 10.6. The molecular weight excluding hydrogens is 298 g/mol. The summed E-state index contributed by atoms with van der Waals surface area (Å²) in [5.74, 6) is 2.07. The summed E-state index contributed by atoms with van der Waals surface area (Å²) in [6.07, 6.45) is 0.433. The van der Waals surface area contributed by atoms with Crippen LogP contribution in [0.2, 0.25) is 0 Å². The summed E-state index contributed by atoms with van der Waals surface area (Å²) in [7, 11) is 1.82. The fourth-order valence-corrected chi connectivity index (χ4v) is 3.24. The lowest BCUT2D eigenvalue weighted by Crippen LogP contribution is -2.37. The Hall–Kier alpha value is -1.53. The molecule has 1 aliphatic rings. The monoisotopic (exact) mass is 321 g/mol. The predicted octanol–water partition coefficient (Wildman–Crippen LogP) is 1.73. The Balaban J connectivity index is 2.02. The zero-order valence-corrected chi connectivity index (χ0v) is 14.0. The molecule has 22 heavy (non-hydrogen) atoms. The molecule has 0 atom stereocenters. The van der Waals surface area contributed by atoms with Gasteiger partial charge in [0.05, 0.1) is 0 Å². The average molecular weight is 321 g/mol. The Labute approximate surface area is 135 Å². The number of thioether (sulfide) groups is 1. The Morgan fingerprint density at radius 1 is 1.27 bits per heavy atom. The third kappa shape index (κ3) is 4.48. The fourth-order valence-electron chi connectivity index (χ4n) is 2.34. The van der Waals surface area contributed by atoms with Gasteiger partial charge in [0.15, 0.2) is 0 Å². The van der Waals surface area contributed by atoms with E-state index in [1.807, 2.05) is 42.8 Å². The van der Waals surface area contributed by atoms with Gasteiger partial charge in [-0.2, -0.15) is 11.8 Å². The minimum absolute atomic E-state index is 0.0235. The van der Waals surface area contributed by atoms with Crippen molar-refractivity contribution < 1.29 is 9.59 Å². The highest BCUT2D eigenvalue weighted by Gasteiger charge is 2.19. The number of carbonyl (C=O) groups is 2. The maximum Gasteiger partial charge on any atom is 0.253 e. The van der Waals surface area contributed by atoms with Crippen LogP contribution < -0.4 is 10.6 Å². The van der Waals surface area contributed by atoms with Gasteiger partial charge >= 0.3 is 0 Å². The van der Waals surface area contributed by atoms with Crippen molar-refractivity contribution in [2.24, 2.45) is 0 Å². The van der Waals surface area contributed by atoms with Crippen LogP contribution in [0, 0.1) is 6.92 Å². The van der Waals surface area contributed by atoms with Gasteiger partial charge < -0.3 is 15.5 Å². The van der Waals surface area contributed by atoms with E-state index in [0.29, 0.717) is 18.5 Å². The summed E-state index contributed by atoms with van der Waals surface area (Å²) in [6, 6.07) is 5.47. The van der Waals surface area contributed by atoms with Crippen LogP contribution in [0.4, 0.5) is 5.69 Å². The highest BCUT2D eigenvalue weighted by atomic mass is 32.2. The van der Waals surface area contributed by atoms with E-state index in [1.165, 1.54) is 0 Å². The van der Waals surface area contributed by atoms with Crippen molar-refractivity contribution >= 4 is 29.3 Å². The number of nitrogens with one attached hydrogen (secondary N) is 2. The molecule has 1 fully saturated rings. The number of amides is 2. The van der Waals surface area contributed by atoms with Gasteiger partial charge in [-0.15, -0.1) is 0 Å². The first kappa shape index (κ1) is 16.8. The van der Waals surface area contributed by atoms with E-state index in [4.69, 9.17) is 0 Å². The molecule has 1 heterocycles. The first-order valence-electron chi connectivity index (χ1n) is 7.54. The van der Waals surface area contributed by atoms with Crippen molar-refractivity contribution in [2.75, 3.05) is 43.5 Å². The molecule has 1 aromatic carbocycles. The molecule has 120 valence electrons. The zero-order valence-electron chi connectivity index (χ0n) is 13.1. The molecule has 0 saturated carbocycles. The van der Waals surface area contributed by atoms with Gasteiger partial charge in [0, 0.05) is 48.8 Å². The Morgan fingerprint density at radius 2 is 2.00 bits per heavy atom. The molecule has 2 amide bonds. The molecule has 6 heteroatoms.